The predicted molar refractivity (Wildman–Crippen MR) is 128 cm³/mol. The van der Waals surface area contributed by atoms with Gasteiger partial charge in [-0.15, -0.1) is 5.10 Å². The van der Waals surface area contributed by atoms with E-state index in [4.69, 9.17) is 4.42 Å². The van der Waals surface area contributed by atoms with Crippen LogP contribution in [0.15, 0.2) is 71.3 Å². The van der Waals surface area contributed by atoms with Crippen molar-refractivity contribution in [3.63, 3.8) is 0 Å². The van der Waals surface area contributed by atoms with Crippen molar-refractivity contribution >= 4 is 28.5 Å². The van der Waals surface area contributed by atoms with Gasteiger partial charge in [-0.05, 0) is 55.3 Å². The lowest BCUT2D eigenvalue weighted by molar-refractivity contribution is -0.128. The van der Waals surface area contributed by atoms with Gasteiger partial charge in [0.25, 0.3) is 5.91 Å². The summed E-state index contributed by atoms with van der Waals surface area (Å²) in [6.45, 7) is -0.190. The van der Waals surface area contributed by atoms with Crippen molar-refractivity contribution < 1.29 is 18.4 Å². The van der Waals surface area contributed by atoms with Crippen LogP contribution in [0.3, 0.4) is 0 Å². The molecule has 9 heteroatoms. The van der Waals surface area contributed by atoms with Crippen molar-refractivity contribution in [2.75, 3.05) is 4.90 Å². The molecule has 1 aliphatic carbocycles. The highest BCUT2D eigenvalue weighted by Crippen LogP contribution is 2.30. The van der Waals surface area contributed by atoms with Crippen LogP contribution < -0.4 is 10.2 Å². The highest BCUT2D eigenvalue weighted by molar-refractivity contribution is 6.01. The number of carbonyl (C=O) groups excluding carboxylic acids is 2. The first-order valence-corrected chi connectivity index (χ1v) is 11.8. The molecular weight excluding hydrogens is 449 g/mol. The third-order valence-corrected chi connectivity index (χ3v) is 6.33. The number of anilines is 1. The Kier molecular flexibility index (Phi) is 6.56. The number of halogens is 1. The molecule has 8 nitrogen and oxygen atoms in total. The molecule has 0 saturated heterocycles. The van der Waals surface area contributed by atoms with E-state index in [9.17, 15) is 14.0 Å². The van der Waals surface area contributed by atoms with E-state index in [0.717, 1.165) is 32.1 Å². The fourth-order valence-corrected chi connectivity index (χ4v) is 4.65. The monoisotopic (exact) mass is 475 g/mol. The molecule has 0 radical (unpaired) electrons. The maximum Gasteiger partial charge on any atom is 0.251 e. The minimum absolute atomic E-state index is 0.0254. The number of amides is 2. The van der Waals surface area contributed by atoms with Crippen molar-refractivity contribution in [1.29, 1.82) is 0 Å². The molecule has 2 aromatic heterocycles. The molecule has 35 heavy (non-hydrogen) atoms. The van der Waals surface area contributed by atoms with E-state index >= 15 is 0 Å². The summed E-state index contributed by atoms with van der Waals surface area (Å²) in [6, 6.07) is 15.1. The first-order valence-electron chi connectivity index (χ1n) is 11.8. The van der Waals surface area contributed by atoms with E-state index in [-0.39, 0.29) is 24.2 Å². The molecule has 2 amide bonds. The summed E-state index contributed by atoms with van der Waals surface area (Å²) in [5, 5.41) is 11.3. The normalized spacial score (nSPS) is 15.1. The van der Waals surface area contributed by atoms with Crippen LogP contribution in [0.1, 0.15) is 43.9 Å². The molecule has 1 atom stereocenters. The van der Waals surface area contributed by atoms with E-state index in [0.29, 0.717) is 16.8 Å². The van der Waals surface area contributed by atoms with Gasteiger partial charge in [-0.2, -0.15) is 0 Å². The molecule has 2 aromatic carbocycles. The number of aromatic nitrogens is 3. The number of benzene rings is 2. The van der Waals surface area contributed by atoms with Crippen LogP contribution in [0.4, 0.5) is 10.1 Å². The summed E-state index contributed by atoms with van der Waals surface area (Å²) < 4.78 is 21.4. The first kappa shape index (κ1) is 22.8. The fraction of sp³-hybridized carbons (Fsp3) is 0.308. The summed E-state index contributed by atoms with van der Waals surface area (Å²) in [7, 11) is 0. The Labute approximate surface area is 201 Å². The minimum atomic E-state index is -1.11. The molecule has 4 aromatic rings. The molecule has 1 fully saturated rings. The molecule has 5 rings (SSSR count). The Hall–Kier alpha value is -4.01. The maximum absolute atomic E-state index is 14.3. The standard InChI is InChI=1S/C26H26FN5O3/c27-18-8-6-11-20(16-18)32(24(33)17-31-22-13-5-4-12-21(22)29-30-31)25(23-14-7-15-35-23)26(34)28-19-9-2-1-3-10-19/h4-8,11-16,19,25H,1-3,9-10,17H2,(H,28,34). The lowest BCUT2D eigenvalue weighted by atomic mass is 9.95. The second kappa shape index (κ2) is 10.1. The second-order valence-corrected chi connectivity index (χ2v) is 8.74. The van der Waals surface area contributed by atoms with E-state index in [2.05, 4.69) is 15.6 Å². The van der Waals surface area contributed by atoms with Crippen LogP contribution in [0, 0.1) is 5.82 Å². The van der Waals surface area contributed by atoms with Gasteiger partial charge in [-0.1, -0.05) is 42.7 Å². The lowest BCUT2D eigenvalue weighted by Crippen LogP contribution is -2.48. The number of nitrogens with zero attached hydrogens (tertiary/aromatic N) is 4. The topological polar surface area (TPSA) is 93.3 Å². The fourth-order valence-electron chi connectivity index (χ4n) is 4.65. The minimum Gasteiger partial charge on any atom is -0.467 e. The van der Waals surface area contributed by atoms with E-state index in [1.807, 2.05) is 18.2 Å². The Morgan fingerprint density at radius 2 is 1.91 bits per heavy atom. The summed E-state index contributed by atoms with van der Waals surface area (Å²) in [5.74, 6) is -1.05. The quantitative estimate of drug-likeness (QED) is 0.428. The number of hydrogen-bond acceptors (Lipinski definition) is 5. The van der Waals surface area contributed by atoms with Crippen LogP contribution >= 0.6 is 0 Å². The van der Waals surface area contributed by atoms with Gasteiger partial charge in [0.15, 0.2) is 6.04 Å². The van der Waals surface area contributed by atoms with E-state index in [1.165, 1.54) is 34.0 Å². The van der Waals surface area contributed by atoms with Crippen molar-refractivity contribution in [1.82, 2.24) is 20.3 Å². The number of para-hydroxylation sites is 1. The van der Waals surface area contributed by atoms with Crippen LogP contribution in [-0.4, -0.2) is 32.9 Å². The van der Waals surface area contributed by atoms with E-state index < -0.39 is 17.8 Å². The molecule has 0 spiro atoms. The van der Waals surface area contributed by atoms with Crippen LogP contribution in [-0.2, 0) is 16.1 Å². The highest BCUT2D eigenvalue weighted by Gasteiger charge is 2.36. The van der Waals surface area contributed by atoms with Gasteiger partial charge in [0.1, 0.15) is 23.6 Å². The van der Waals surface area contributed by atoms with Crippen molar-refractivity contribution in [3.05, 3.63) is 78.5 Å². The Morgan fingerprint density at radius 3 is 2.69 bits per heavy atom. The van der Waals surface area contributed by atoms with Gasteiger partial charge in [0.05, 0.1) is 11.8 Å². The molecule has 180 valence electrons. The third kappa shape index (κ3) is 4.94. The molecule has 1 N–H and O–H groups in total. The maximum atomic E-state index is 14.3. The zero-order valence-electron chi connectivity index (χ0n) is 19.1. The predicted octanol–water partition coefficient (Wildman–Crippen LogP) is 4.39. The number of nitrogens with one attached hydrogen (secondary N) is 1. The Morgan fingerprint density at radius 1 is 1.09 bits per heavy atom. The van der Waals surface area contributed by atoms with Gasteiger partial charge in [-0.3, -0.25) is 14.5 Å². The van der Waals surface area contributed by atoms with Crippen molar-refractivity contribution in [2.45, 2.75) is 50.7 Å². The van der Waals surface area contributed by atoms with Gasteiger partial charge in [-0.25, -0.2) is 9.07 Å². The molecule has 0 aliphatic heterocycles. The summed E-state index contributed by atoms with van der Waals surface area (Å²) in [4.78, 5) is 28.7. The summed E-state index contributed by atoms with van der Waals surface area (Å²) in [6.07, 6.45) is 6.46. The van der Waals surface area contributed by atoms with Gasteiger partial charge >= 0.3 is 0 Å². The average Bonchev–Trinajstić information content (AvgIpc) is 3.53. The summed E-state index contributed by atoms with van der Waals surface area (Å²) in [5.41, 5.74) is 1.58. The largest absolute Gasteiger partial charge is 0.467 e. The average molecular weight is 476 g/mol. The number of hydrogen-bond donors (Lipinski definition) is 1. The Balaban J connectivity index is 1.52. The van der Waals surface area contributed by atoms with Crippen LogP contribution in [0.5, 0.6) is 0 Å². The van der Waals surface area contributed by atoms with Crippen LogP contribution in [0.2, 0.25) is 0 Å². The zero-order valence-corrected chi connectivity index (χ0v) is 19.1. The number of carbonyl (C=O) groups is 2. The van der Waals surface area contributed by atoms with Gasteiger partial charge in [0, 0.05) is 11.7 Å². The first-order chi connectivity index (χ1) is 17.1. The molecular formula is C26H26FN5O3. The highest BCUT2D eigenvalue weighted by atomic mass is 19.1. The zero-order chi connectivity index (χ0) is 24.2. The summed E-state index contributed by atoms with van der Waals surface area (Å²) >= 11 is 0. The third-order valence-electron chi connectivity index (χ3n) is 6.33. The second-order valence-electron chi connectivity index (χ2n) is 8.74. The molecule has 1 aliphatic rings. The smallest absolute Gasteiger partial charge is 0.251 e. The van der Waals surface area contributed by atoms with Gasteiger partial charge in [0.2, 0.25) is 5.91 Å². The van der Waals surface area contributed by atoms with Crippen molar-refractivity contribution in [2.24, 2.45) is 0 Å². The number of rotatable bonds is 7. The van der Waals surface area contributed by atoms with Crippen molar-refractivity contribution in [3.8, 4) is 0 Å². The van der Waals surface area contributed by atoms with E-state index in [1.54, 1.807) is 24.3 Å². The SMILES string of the molecule is O=C(NC1CCCCC1)C(c1ccco1)N(C(=O)Cn1nnc2ccccc21)c1cccc(F)c1. The molecule has 0 bridgehead atoms. The number of fused-ring (bicyclic) bond motifs is 1. The molecule has 1 unspecified atom stereocenters. The Bertz CT molecular complexity index is 1310. The lowest BCUT2D eigenvalue weighted by Gasteiger charge is -2.32. The molecule has 2 heterocycles. The molecule has 1 saturated carbocycles. The number of furan rings is 1. The van der Waals surface area contributed by atoms with Gasteiger partial charge < -0.3 is 9.73 Å². The van der Waals surface area contributed by atoms with Crippen LogP contribution in [0.25, 0.3) is 11.0 Å².